The third kappa shape index (κ3) is 2.37. The Bertz CT molecular complexity index is 616. The fourth-order valence-electron chi connectivity index (χ4n) is 2.55. The Hall–Kier alpha value is -2.36. The zero-order chi connectivity index (χ0) is 14.8. The van der Waals surface area contributed by atoms with E-state index in [0.717, 1.165) is 11.1 Å². The molecule has 0 heterocycles. The topological polar surface area (TPSA) is 69.4 Å². The molecule has 0 saturated carbocycles. The first-order valence-corrected chi connectivity index (χ1v) is 6.33. The third-order valence-electron chi connectivity index (χ3n) is 3.69. The maximum atomic E-state index is 11.8. The van der Waals surface area contributed by atoms with Gasteiger partial charge in [-0.1, -0.05) is 29.8 Å². The lowest BCUT2D eigenvalue weighted by molar-refractivity contribution is -0.141. The molecule has 0 spiro atoms. The van der Waals surface area contributed by atoms with Gasteiger partial charge in [0.05, 0.1) is 13.5 Å². The predicted octanol–water partition coefficient (Wildman–Crippen LogP) is 2.15. The Labute approximate surface area is 117 Å². The van der Waals surface area contributed by atoms with Crippen molar-refractivity contribution in [1.29, 1.82) is 0 Å². The fraction of sp³-hybridized carbons (Fsp3) is 0.250. The van der Waals surface area contributed by atoms with Crippen LogP contribution >= 0.6 is 0 Å². The molecular formula is C16H17NO3. The highest BCUT2D eigenvalue weighted by molar-refractivity contribution is 6.02. The molecule has 0 amide bonds. The van der Waals surface area contributed by atoms with Gasteiger partial charge in [0, 0.05) is 11.1 Å². The minimum absolute atomic E-state index is 0.0857. The highest BCUT2D eigenvalue weighted by Gasteiger charge is 2.38. The Morgan fingerprint density at radius 3 is 2.65 bits per heavy atom. The Kier molecular flexibility index (Phi) is 3.74. The summed E-state index contributed by atoms with van der Waals surface area (Å²) in [6.07, 6.45) is 4.87. The van der Waals surface area contributed by atoms with Gasteiger partial charge in [-0.05, 0) is 30.7 Å². The van der Waals surface area contributed by atoms with Crippen molar-refractivity contribution in [2.45, 2.75) is 18.8 Å². The van der Waals surface area contributed by atoms with E-state index < -0.39 is 5.41 Å². The number of anilines is 1. The number of ether oxygens (including phenoxy) is 1. The molecule has 0 aromatic heterocycles. The second kappa shape index (κ2) is 5.33. The van der Waals surface area contributed by atoms with Crippen LogP contribution in [0.4, 0.5) is 5.69 Å². The quantitative estimate of drug-likeness (QED) is 0.675. The zero-order valence-electron chi connectivity index (χ0n) is 11.6. The largest absolute Gasteiger partial charge is 0.469 e. The molecule has 0 aliphatic heterocycles. The Morgan fingerprint density at radius 1 is 1.35 bits per heavy atom. The number of allylic oxidation sites excluding steroid dienone is 4. The maximum Gasteiger partial charge on any atom is 0.307 e. The molecule has 0 saturated heterocycles. The van der Waals surface area contributed by atoms with E-state index in [0.29, 0.717) is 5.69 Å². The summed E-state index contributed by atoms with van der Waals surface area (Å²) in [5.74, 6) is -0.433. The molecule has 1 aliphatic rings. The number of benzene rings is 1. The van der Waals surface area contributed by atoms with Crippen molar-refractivity contribution in [3.8, 4) is 0 Å². The van der Waals surface area contributed by atoms with Gasteiger partial charge in [0.1, 0.15) is 0 Å². The van der Waals surface area contributed by atoms with Crippen molar-refractivity contribution >= 4 is 17.4 Å². The molecule has 1 atom stereocenters. The summed E-state index contributed by atoms with van der Waals surface area (Å²) in [5.41, 5.74) is 7.52. The van der Waals surface area contributed by atoms with Crippen LogP contribution in [0.5, 0.6) is 0 Å². The van der Waals surface area contributed by atoms with E-state index in [1.54, 1.807) is 12.1 Å². The number of esters is 1. The number of nitrogens with two attached hydrogens (primary N) is 1. The predicted molar refractivity (Wildman–Crippen MR) is 77.1 cm³/mol. The SMILES string of the molecule is COC(=O)CC1(c2ccccc2N)C=CC(=O)C=C1C. The molecular weight excluding hydrogens is 254 g/mol. The van der Waals surface area contributed by atoms with E-state index in [1.807, 2.05) is 25.1 Å². The van der Waals surface area contributed by atoms with Gasteiger partial charge in [0.25, 0.3) is 0 Å². The number of methoxy groups -OCH3 is 1. The number of carbonyl (C=O) groups excluding carboxylic acids is 2. The standard InChI is InChI=1S/C16H17NO3/c1-11-9-12(18)7-8-16(11,10-15(19)20-2)13-5-3-4-6-14(13)17/h3-9H,10,17H2,1-2H3. The smallest absolute Gasteiger partial charge is 0.307 e. The number of nitrogen functional groups attached to an aromatic ring is 1. The summed E-state index contributed by atoms with van der Waals surface area (Å²) in [6.45, 7) is 1.83. The third-order valence-corrected chi connectivity index (χ3v) is 3.69. The van der Waals surface area contributed by atoms with Crippen LogP contribution in [0.25, 0.3) is 0 Å². The van der Waals surface area contributed by atoms with E-state index >= 15 is 0 Å². The Balaban J connectivity index is 2.59. The van der Waals surface area contributed by atoms with E-state index in [-0.39, 0.29) is 18.2 Å². The van der Waals surface area contributed by atoms with E-state index in [9.17, 15) is 9.59 Å². The van der Waals surface area contributed by atoms with Crippen molar-refractivity contribution in [3.63, 3.8) is 0 Å². The second-order valence-electron chi connectivity index (χ2n) is 4.87. The summed E-state index contributed by atoms with van der Waals surface area (Å²) in [7, 11) is 1.35. The van der Waals surface area contributed by atoms with Gasteiger partial charge < -0.3 is 10.5 Å². The van der Waals surface area contributed by atoms with E-state index in [1.165, 1.54) is 19.3 Å². The molecule has 20 heavy (non-hydrogen) atoms. The van der Waals surface area contributed by atoms with Gasteiger partial charge in [-0.25, -0.2) is 0 Å². The van der Waals surface area contributed by atoms with E-state index in [4.69, 9.17) is 10.5 Å². The molecule has 1 aliphatic carbocycles. The molecule has 0 fully saturated rings. The van der Waals surface area contributed by atoms with Gasteiger partial charge >= 0.3 is 5.97 Å². The van der Waals surface area contributed by atoms with Gasteiger partial charge in [0.2, 0.25) is 0 Å². The number of rotatable bonds is 3. The van der Waals surface area contributed by atoms with Gasteiger partial charge in [-0.3, -0.25) is 9.59 Å². The summed E-state index contributed by atoms with van der Waals surface area (Å²) in [6, 6.07) is 7.35. The molecule has 1 aromatic rings. The van der Waals surface area contributed by atoms with Crippen LogP contribution in [0.3, 0.4) is 0 Å². The first-order chi connectivity index (χ1) is 9.49. The fourth-order valence-corrected chi connectivity index (χ4v) is 2.55. The number of hydrogen-bond donors (Lipinski definition) is 1. The lowest BCUT2D eigenvalue weighted by Crippen LogP contribution is -2.32. The van der Waals surface area contributed by atoms with E-state index in [2.05, 4.69) is 0 Å². The van der Waals surface area contributed by atoms with Crippen LogP contribution in [0.15, 0.2) is 48.1 Å². The minimum atomic E-state index is -0.716. The molecule has 1 unspecified atom stereocenters. The molecule has 0 radical (unpaired) electrons. The van der Waals surface area contributed by atoms with Crippen LogP contribution < -0.4 is 5.73 Å². The highest BCUT2D eigenvalue weighted by Crippen LogP contribution is 2.41. The molecule has 0 bridgehead atoms. The molecule has 1 aromatic carbocycles. The monoisotopic (exact) mass is 271 g/mol. The highest BCUT2D eigenvalue weighted by atomic mass is 16.5. The first kappa shape index (κ1) is 14.1. The van der Waals surface area contributed by atoms with Crippen molar-refractivity contribution < 1.29 is 14.3 Å². The van der Waals surface area contributed by atoms with Gasteiger partial charge in [-0.15, -0.1) is 0 Å². The molecule has 4 heteroatoms. The molecule has 4 nitrogen and oxygen atoms in total. The van der Waals surface area contributed by atoms with Crippen LogP contribution in [-0.4, -0.2) is 18.9 Å². The van der Waals surface area contributed by atoms with Crippen molar-refractivity contribution in [2.24, 2.45) is 0 Å². The van der Waals surface area contributed by atoms with Crippen LogP contribution in [0.2, 0.25) is 0 Å². The lowest BCUT2D eigenvalue weighted by atomic mass is 9.69. The zero-order valence-corrected chi connectivity index (χ0v) is 11.6. The first-order valence-electron chi connectivity index (χ1n) is 6.33. The van der Waals surface area contributed by atoms with Crippen LogP contribution in [0, 0.1) is 0 Å². The Morgan fingerprint density at radius 2 is 2.05 bits per heavy atom. The lowest BCUT2D eigenvalue weighted by Gasteiger charge is -2.34. The van der Waals surface area contributed by atoms with Gasteiger partial charge in [-0.2, -0.15) is 0 Å². The number of para-hydroxylation sites is 1. The summed E-state index contributed by atoms with van der Waals surface area (Å²) < 4.78 is 4.79. The van der Waals surface area contributed by atoms with Gasteiger partial charge in [0.15, 0.2) is 5.78 Å². The van der Waals surface area contributed by atoms with Crippen molar-refractivity contribution in [2.75, 3.05) is 12.8 Å². The summed E-state index contributed by atoms with van der Waals surface area (Å²) in [5, 5.41) is 0. The molecule has 2 rings (SSSR count). The average molecular weight is 271 g/mol. The summed E-state index contributed by atoms with van der Waals surface area (Å²) >= 11 is 0. The van der Waals surface area contributed by atoms with Crippen molar-refractivity contribution in [3.05, 3.63) is 53.6 Å². The normalized spacial score (nSPS) is 21.5. The number of ketones is 1. The number of carbonyl (C=O) groups is 2. The minimum Gasteiger partial charge on any atom is -0.469 e. The molecule has 104 valence electrons. The number of hydrogen-bond acceptors (Lipinski definition) is 4. The van der Waals surface area contributed by atoms with Crippen molar-refractivity contribution in [1.82, 2.24) is 0 Å². The van der Waals surface area contributed by atoms with Crippen LogP contribution in [0.1, 0.15) is 18.9 Å². The average Bonchev–Trinajstić information content (AvgIpc) is 2.42. The molecule has 2 N–H and O–H groups in total. The second-order valence-corrected chi connectivity index (χ2v) is 4.87. The maximum absolute atomic E-state index is 11.8. The summed E-state index contributed by atoms with van der Waals surface area (Å²) in [4.78, 5) is 23.3. The van der Waals surface area contributed by atoms with Crippen LogP contribution in [-0.2, 0) is 19.7 Å².